The smallest absolute Gasteiger partial charge is 0.164 e. The molecule has 0 fully saturated rings. The molecule has 10 aromatic rings. The van der Waals surface area contributed by atoms with Crippen LogP contribution in [0.3, 0.4) is 0 Å². The predicted molar refractivity (Wildman–Crippen MR) is 210 cm³/mol. The van der Waals surface area contributed by atoms with Crippen molar-refractivity contribution in [2.24, 2.45) is 0 Å². The third-order valence-electron chi connectivity index (χ3n) is 10.4. The second kappa shape index (κ2) is 11.3. The van der Waals surface area contributed by atoms with E-state index >= 15 is 0 Å². The Kier molecular flexibility index (Phi) is 6.31. The van der Waals surface area contributed by atoms with Crippen molar-refractivity contribution in [1.82, 2.24) is 15.0 Å². The van der Waals surface area contributed by atoms with E-state index < -0.39 is 0 Å². The van der Waals surface area contributed by atoms with Crippen LogP contribution in [0.2, 0.25) is 0 Å². The Labute approximate surface area is 298 Å². The Morgan fingerprint density at radius 2 is 1.17 bits per heavy atom. The quantitative estimate of drug-likeness (QED) is 0.187. The Balaban J connectivity index is 1.06. The third-order valence-corrected chi connectivity index (χ3v) is 10.4. The van der Waals surface area contributed by atoms with Crippen LogP contribution >= 0.6 is 0 Å². The molecule has 1 atom stereocenters. The maximum Gasteiger partial charge on any atom is 0.164 e. The van der Waals surface area contributed by atoms with Crippen LogP contribution in [0, 0.1) is 0 Å². The van der Waals surface area contributed by atoms with Crippen molar-refractivity contribution in [2.75, 3.05) is 0 Å². The van der Waals surface area contributed by atoms with Gasteiger partial charge in [0.25, 0.3) is 0 Å². The molecule has 1 unspecified atom stereocenters. The van der Waals surface area contributed by atoms with Gasteiger partial charge in [0.2, 0.25) is 0 Å². The molecule has 0 saturated heterocycles. The van der Waals surface area contributed by atoms with Gasteiger partial charge in [0, 0.05) is 38.6 Å². The third kappa shape index (κ3) is 4.67. The van der Waals surface area contributed by atoms with Crippen molar-refractivity contribution in [2.45, 2.75) is 12.3 Å². The number of fused-ring (bicyclic) bond motifs is 8. The van der Waals surface area contributed by atoms with Crippen LogP contribution in [-0.2, 0) is 6.42 Å². The first-order valence-corrected chi connectivity index (χ1v) is 17.6. The molecule has 5 heteroatoms. The summed E-state index contributed by atoms with van der Waals surface area (Å²) in [5.41, 5.74) is 9.89. The number of rotatable bonds is 4. The predicted octanol–water partition coefficient (Wildman–Crippen LogP) is 12.2. The fourth-order valence-corrected chi connectivity index (χ4v) is 7.82. The minimum Gasteiger partial charge on any atom is -0.456 e. The number of hydrogen-bond donors (Lipinski definition) is 0. The van der Waals surface area contributed by atoms with Crippen LogP contribution in [0.5, 0.6) is 0 Å². The lowest BCUT2D eigenvalue weighted by molar-refractivity contribution is 0.668. The summed E-state index contributed by atoms with van der Waals surface area (Å²) in [6.07, 6.45) is 5.24. The van der Waals surface area contributed by atoms with Gasteiger partial charge in [0.15, 0.2) is 11.6 Å². The van der Waals surface area contributed by atoms with Crippen molar-refractivity contribution in [3.8, 4) is 33.9 Å². The largest absolute Gasteiger partial charge is 0.456 e. The molecule has 0 amide bonds. The van der Waals surface area contributed by atoms with Gasteiger partial charge >= 0.3 is 0 Å². The molecule has 0 aliphatic heterocycles. The standard InChI is InChI=1S/C47H29N3O2/c1-3-10-30-24-34(18-16-28(30)8-1)45-48-46(35-19-17-29-9-2-4-11-31(29)25-35)50-47(49-45)39-13-7-15-41-44(39)38-23-21-33(27-43(38)52-41)32-20-22-37-36-12-5-6-14-40(36)51-42(37)26-32/h1-24,26-27,35H,25H2. The van der Waals surface area contributed by atoms with Crippen molar-refractivity contribution in [3.05, 3.63) is 169 Å². The molecule has 0 saturated carbocycles. The first-order chi connectivity index (χ1) is 25.7. The molecule has 1 aliphatic carbocycles. The highest BCUT2D eigenvalue weighted by Gasteiger charge is 2.23. The highest BCUT2D eigenvalue weighted by Crippen LogP contribution is 2.40. The first kappa shape index (κ1) is 28.9. The maximum absolute atomic E-state index is 6.56. The van der Waals surface area contributed by atoms with E-state index in [1.54, 1.807) is 0 Å². The fraction of sp³-hybridized carbons (Fsp3) is 0.0426. The van der Waals surface area contributed by atoms with E-state index in [4.69, 9.17) is 23.8 Å². The summed E-state index contributed by atoms with van der Waals surface area (Å²) < 4.78 is 12.8. The Morgan fingerprint density at radius 3 is 2.10 bits per heavy atom. The Hall–Kier alpha value is -6.85. The van der Waals surface area contributed by atoms with Gasteiger partial charge in [-0.15, -0.1) is 0 Å². The van der Waals surface area contributed by atoms with Gasteiger partial charge in [-0.25, -0.2) is 15.0 Å². The molecule has 7 aromatic carbocycles. The Bertz CT molecular complexity index is 3080. The molecule has 52 heavy (non-hydrogen) atoms. The summed E-state index contributed by atoms with van der Waals surface area (Å²) >= 11 is 0. The summed E-state index contributed by atoms with van der Waals surface area (Å²) in [7, 11) is 0. The topological polar surface area (TPSA) is 65.0 Å². The van der Waals surface area contributed by atoms with Gasteiger partial charge < -0.3 is 8.83 Å². The monoisotopic (exact) mass is 667 g/mol. The van der Waals surface area contributed by atoms with Crippen molar-refractivity contribution in [1.29, 1.82) is 0 Å². The van der Waals surface area contributed by atoms with Crippen molar-refractivity contribution < 1.29 is 8.83 Å². The zero-order valence-corrected chi connectivity index (χ0v) is 28.0. The van der Waals surface area contributed by atoms with Crippen LogP contribution < -0.4 is 0 Å². The van der Waals surface area contributed by atoms with Gasteiger partial charge in [-0.3, -0.25) is 0 Å². The molecule has 0 radical (unpaired) electrons. The molecular formula is C47H29N3O2. The molecule has 3 aromatic heterocycles. The fourth-order valence-electron chi connectivity index (χ4n) is 7.82. The van der Waals surface area contributed by atoms with Crippen molar-refractivity contribution >= 4 is 60.7 Å². The van der Waals surface area contributed by atoms with Crippen LogP contribution in [0.1, 0.15) is 22.9 Å². The highest BCUT2D eigenvalue weighted by atomic mass is 16.3. The summed E-state index contributed by atoms with van der Waals surface area (Å²) in [6.45, 7) is 0. The molecular weight excluding hydrogens is 639 g/mol. The number of allylic oxidation sites excluding steroid dienone is 1. The van der Waals surface area contributed by atoms with Gasteiger partial charge in [-0.1, -0.05) is 115 Å². The zero-order chi connectivity index (χ0) is 34.2. The van der Waals surface area contributed by atoms with E-state index in [0.29, 0.717) is 11.6 Å². The highest BCUT2D eigenvalue weighted by molar-refractivity contribution is 6.13. The number of hydrogen-bond acceptors (Lipinski definition) is 5. The van der Waals surface area contributed by atoms with Crippen LogP contribution in [0.15, 0.2) is 161 Å². The van der Waals surface area contributed by atoms with E-state index in [1.165, 1.54) is 16.5 Å². The van der Waals surface area contributed by atoms with Gasteiger partial charge in [-0.05, 0) is 81.9 Å². The lowest BCUT2D eigenvalue weighted by Crippen LogP contribution is -2.12. The Morgan fingerprint density at radius 1 is 0.481 bits per heavy atom. The maximum atomic E-state index is 6.56. The van der Waals surface area contributed by atoms with Crippen LogP contribution in [-0.4, -0.2) is 15.0 Å². The molecule has 0 spiro atoms. The summed E-state index contributed by atoms with van der Waals surface area (Å²) in [5, 5.41) is 6.57. The van der Waals surface area contributed by atoms with E-state index in [-0.39, 0.29) is 5.92 Å². The molecule has 1 aliphatic rings. The SMILES string of the molecule is C1=CC(c2nc(-c3ccc4ccccc4c3)nc(-c3cccc4oc5cc(-c6ccc7c(c6)oc6ccccc67)ccc5c34)n2)Cc2ccccc21. The van der Waals surface area contributed by atoms with Crippen LogP contribution in [0.25, 0.3) is 94.6 Å². The van der Waals surface area contributed by atoms with E-state index in [9.17, 15) is 0 Å². The minimum atomic E-state index is 0.0165. The van der Waals surface area contributed by atoms with Crippen LogP contribution in [0.4, 0.5) is 0 Å². The van der Waals surface area contributed by atoms with Gasteiger partial charge in [0.1, 0.15) is 28.2 Å². The number of benzene rings is 7. The zero-order valence-electron chi connectivity index (χ0n) is 28.0. The molecule has 244 valence electrons. The number of nitrogens with zero attached hydrogens (tertiary/aromatic N) is 3. The summed E-state index contributed by atoms with van der Waals surface area (Å²) in [5.74, 6) is 2.06. The summed E-state index contributed by atoms with van der Waals surface area (Å²) in [6, 6.07) is 50.5. The minimum absolute atomic E-state index is 0.0165. The molecule has 0 bridgehead atoms. The lowest BCUT2D eigenvalue weighted by Gasteiger charge is -2.19. The molecule has 11 rings (SSSR count). The van der Waals surface area contributed by atoms with Gasteiger partial charge in [0.05, 0.1) is 0 Å². The average molecular weight is 668 g/mol. The first-order valence-electron chi connectivity index (χ1n) is 17.6. The van der Waals surface area contributed by atoms with E-state index in [1.807, 2.05) is 30.3 Å². The van der Waals surface area contributed by atoms with E-state index in [2.05, 4.69) is 127 Å². The number of furan rings is 2. The van der Waals surface area contributed by atoms with Crippen molar-refractivity contribution in [3.63, 3.8) is 0 Å². The normalized spacial score (nSPS) is 14.2. The molecule has 0 N–H and O–H groups in total. The lowest BCUT2D eigenvalue weighted by atomic mass is 9.89. The average Bonchev–Trinajstić information content (AvgIpc) is 3.78. The summed E-state index contributed by atoms with van der Waals surface area (Å²) in [4.78, 5) is 15.5. The molecule has 5 nitrogen and oxygen atoms in total. The van der Waals surface area contributed by atoms with Gasteiger partial charge in [-0.2, -0.15) is 0 Å². The number of para-hydroxylation sites is 1. The molecule has 3 heterocycles. The second-order valence-electron chi connectivity index (χ2n) is 13.6. The second-order valence-corrected chi connectivity index (χ2v) is 13.6. The van der Waals surface area contributed by atoms with E-state index in [0.717, 1.165) is 83.8 Å². The number of aromatic nitrogens is 3.